The minimum atomic E-state index is -3.78. The smallest absolute Gasteiger partial charge is 0.257 e. The second-order valence-electron chi connectivity index (χ2n) is 5.98. The summed E-state index contributed by atoms with van der Waals surface area (Å²) >= 11 is 0. The molecule has 0 amide bonds. The van der Waals surface area contributed by atoms with Crippen LogP contribution in [0.15, 0.2) is 35.5 Å². The van der Waals surface area contributed by atoms with Gasteiger partial charge < -0.3 is 20.1 Å². The van der Waals surface area contributed by atoms with Crippen LogP contribution in [0.2, 0.25) is 0 Å². The first-order chi connectivity index (χ1) is 13.4. The summed E-state index contributed by atoms with van der Waals surface area (Å²) in [5, 5.41) is 0. The van der Waals surface area contributed by atoms with Crippen LogP contribution in [-0.2, 0) is 19.5 Å². The molecular weight excluding hydrogens is 384 g/mol. The SMILES string of the molecule is COCCN(CCOC)c1ncnc(NNS(=O)(=O)c2ccc(C)cc2)c1N. The number of benzene rings is 1. The molecule has 0 aliphatic carbocycles. The highest BCUT2D eigenvalue weighted by Gasteiger charge is 2.18. The van der Waals surface area contributed by atoms with Crippen molar-refractivity contribution in [2.45, 2.75) is 11.8 Å². The lowest BCUT2D eigenvalue weighted by Crippen LogP contribution is -2.33. The van der Waals surface area contributed by atoms with Crippen LogP contribution in [0, 0.1) is 6.92 Å². The minimum Gasteiger partial charge on any atom is -0.393 e. The Morgan fingerprint density at radius 1 is 1.07 bits per heavy atom. The van der Waals surface area contributed by atoms with Gasteiger partial charge in [0.2, 0.25) is 0 Å². The number of nitrogens with two attached hydrogens (primary N) is 1. The quantitative estimate of drug-likeness (QED) is 0.460. The highest BCUT2D eigenvalue weighted by atomic mass is 32.2. The molecule has 1 aromatic heterocycles. The van der Waals surface area contributed by atoms with Crippen molar-refractivity contribution in [1.29, 1.82) is 0 Å². The van der Waals surface area contributed by atoms with Crippen molar-refractivity contribution < 1.29 is 17.9 Å². The average Bonchev–Trinajstić information content (AvgIpc) is 2.68. The summed E-state index contributed by atoms with van der Waals surface area (Å²) in [5.74, 6) is 0.613. The van der Waals surface area contributed by atoms with E-state index in [0.717, 1.165) is 5.56 Å². The van der Waals surface area contributed by atoms with E-state index in [1.165, 1.54) is 18.5 Å². The van der Waals surface area contributed by atoms with Gasteiger partial charge in [0, 0.05) is 27.3 Å². The molecule has 0 atom stereocenters. The number of methoxy groups -OCH3 is 2. The van der Waals surface area contributed by atoms with Gasteiger partial charge in [0.15, 0.2) is 11.6 Å². The van der Waals surface area contributed by atoms with Gasteiger partial charge >= 0.3 is 0 Å². The largest absolute Gasteiger partial charge is 0.393 e. The summed E-state index contributed by atoms with van der Waals surface area (Å²) in [6, 6.07) is 6.47. The van der Waals surface area contributed by atoms with Gasteiger partial charge in [-0.25, -0.2) is 18.4 Å². The fraction of sp³-hybridized carbons (Fsp3) is 0.412. The molecule has 2 aromatic rings. The van der Waals surface area contributed by atoms with E-state index in [0.29, 0.717) is 32.1 Å². The molecule has 154 valence electrons. The van der Waals surface area contributed by atoms with E-state index in [1.54, 1.807) is 26.4 Å². The van der Waals surface area contributed by atoms with E-state index in [2.05, 4.69) is 20.2 Å². The molecule has 1 aromatic carbocycles. The second-order valence-corrected chi connectivity index (χ2v) is 7.66. The minimum absolute atomic E-state index is 0.125. The highest BCUT2D eigenvalue weighted by molar-refractivity contribution is 7.89. The van der Waals surface area contributed by atoms with Crippen LogP contribution < -0.4 is 20.9 Å². The third-order valence-corrected chi connectivity index (χ3v) is 5.19. The van der Waals surface area contributed by atoms with Crippen molar-refractivity contribution in [2.24, 2.45) is 0 Å². The van der Waals surface area contributed by atoms with Crippen LogP contribution in [0.5, 0.6) is 0 Å². The van der Waals surface area contributed by atoms with Crippen molar-refractivity contribution in [3.8, 4) is 0 Å². The number of hydrogen-bond acceptors (Lipinski definition) is 9. The Labute approximate surface area is 165 Å². The maximum absolute atomic E-state index is 12.4. The molecule has 4 N–H and O–H groups in total. The van der Waals surface area contributed by atoms with Crippen LogP contribution in [-0.4, -0.2) is 58.9 Å². The zero-order chi connectivity index (χ0) is 20.6. The lowest BCUT2D eigenvalue weighted by atomic mass is 10.2. The fourth-order valence-electron chi connectivity index (χ4n) is 2.36. The third-order valence-electron chi connectivity index (χ3n) is 3.93. The number of aryl methyl sites for hydroxylation is 1. The summed E-state index contributed by atoms with van der Waals surface area (Å²) in [5.41, 5.74) is 9.91. The lowest BCUT2D eigenvalue weighted by molar-refractivity contribution is 0.190. The summed E-state index contributed by atoms with van der Waals surface area (Å²) in [4.78, 5) is 12.5. The van der Waals surface area contributed by atoms with E-state index in [4.69, 9.17) is 15.2 Å². The molecule has 0 aliphatic rings. The molecule has 10 nitrogen and oxygen atoms in total. The van der Waals surface area contributed by atoms with E-state index in [9.17, 15) is 8.42 Å². The molecule has 0 unspecified atom stereocenters. The topological polar surface area (TPSA) is 132 Å². The summed E-state index contributed by atoms with van der Waals surface area (Å²) in [7, 11) is -0.580. The maximum atomic E-state index is 12.4. The first kappa shape index (κ1) is 21.8. The number of hydrogen-bond donors (Lipinski definition) is 3. The highest BCUT2D eigenvalue weighted by Crippen LogP contribution is 2.25. The number of sulfonamides is 1. The van der Waals surface area contributed by atoms with Gasteiger partial charge in [-0.3, -0.25) is 5.43 Å². The zero-order valence-electron chi connectivity index (χ0n) is 16.2. The van der Waals surface area contributed by atoms with Gasteiger partial charge in [0.1, 0.15) is 12.0 Å². The molecule has 0 bridgehead atoms. The van der Waals surface area contributed by atoms with Gasteiger partial charge in [0.05, 0.1) is 18.1 Å². The van der Waals surface area contributed by atoms with Gasteiger partial charge in [-0.15, -0.1) is 4.83 Å². The van der Waals surface area contributed by atoms with E-state index >= 15 is 0 Å². The Kier molecular flexibility index (Phi) is 7.93. The molecule has 28 heavy (non-hydrogen) atoms. The molecular formula is C17H26N6O4S. The molecule has 11 heteroatoms. The summed E-state index contributed by atoms with van der Waals surface area (Å²) in [6.07, 6.45) is 1.31. The number of nitrogens with zero attached hydrogens (tertiary/aromatic N) is 3. The Morgan fingerprint density at radius 3 is 2.25 bits per heavy atom. The Balaban J connectivity index is 2.17. The summed E-state index contributed by atoms with van der Waals surface area (Å²) < 4.78 is 35.1. The van der Waals surface area contributed by atoms with E-state index < -0.39 is 10.0 Å². The van der Waals surface area contributed by atoms with E-state index in [-0.39, 0.29) is 16.4 Å². The number of rotatable bonds is 11. The van der Waals surface area contributed by atoms with Gasteiger partial charge in [-0.1, -0.05) is 17.7 Å². The van der Waals surface area contributed by atoms with Crippen molar-refractivity contribution >= 4 is 27.3 Å². The van der Waals surface area contributed by atoms with Crippen LogP contribution in [0.1, 0.15) is 5.56 Å². The number of nitrogen functional groups attached to an aromatic ring is 1. The lowest BCUT2D eigenvalue weighted by Gasteiger charge is -2.25. The standard InChI is InChI=1S/C17H26N6O4S/c1-13-4-6-14(7-5-13)28(24,25)22-21-16-15(18)17(20-12-19-16)23(8-10-26-2)9-11-27-3/h4-7,12,22H,8-11,18H2,1-3H3,(H,19,20,21). The maximum Gasteiger partial charge on any atom is 0.257 e. The average molecular weight is 411 g/mol. The monoisotopic (exact) mass is 410 g/mol. The molecule has 0 saturated heterocycles. The number of anilines is 3. The Bertz CT molecular complexity index is 852. The Morgan fingerprint density at radius 2 is 1.68 bits per heavy atom. The molecule has 0 radical (unpaired) electrons. The normalized spacial score (nSPS) is 11.4. The predicted octanol–water partition coefficient (Wildman–Crippen LogP) is 0.772. The van der Waals surface area contributed by atoms with Gasteiger partial charge in [0.25, 0.3) is 10.0 Å². The summed E-state index contributed by atoms with van der Waals surface area (Å²) in [6.45, 7) is 3.89. The first-order valence-corrected chi connectivity index (χ1v) is 10.0. The number of nitrogens with one attached hydrogen (secondary N) is 2. The number of aromatic nitrogens is 2. The van der Waals surface area contributed by atoms with Crippen LogP contribution in [0.4, 0.5) is 17.3 Å². The molecule has 0 saturated carbocycles. The molecule has 0 aliphatic heterocycles. The fourth-order valence-corrected chi connectivity index (χ4v) is 3.20. The van der Waals surface area contributed by atoms with Crippen molar-refractivity contribution in [2.75, 3.05) is 56.6 Å². The Hall–Kier alpha value is -2.47. The first-order valence-electron chi connectivity index (χ1n) is 8.57. The molecule has 0 fully saturated rings. The molecule has 1 heterocycles. The van der Waals surface area contributed by atoms with E-state index in [1.807, 2.05) is 11.8 Å². The number of hydrazine groups is 1. The molecule has 2 rings (SSSR count). The van der Waals surface area contributed by atoms with Crippen molar-refractivity contribution in [1.82, 2.24) is 14.8 Å². The van der Waals surface area contributed by atoms with Crippen LogP contribution in [0.25, 0.3) is 0 Å². The van der Waals surface area contributed by atoms with Crippen LogP contribution in [0.3, 0.4) is 0 Å². The third kappa shape index (κ3) is 5.76. The number of ether oxygens (including phenoxy) is 2. The van der Waals surface area contributed by atoms with Crippen LogP contribution >= 0.6 is 0 Å². The van der Waals surface area contributed by atoms with Gasteiger partial charge in [-0.05, 0) is 19.1 Å². The second kappa shape index (κ2) is 10.2. The van der Waals surface area contributed by atoms with Crippen molar-refractivity contribution in [3.63, 3.8) is 0 Å². The van der Waals surface area contributed by atoms with Gasteiger partial charge in [-0.2, -0.15) is 0 Å². The van der Waals surface area contributed by atoms with Crippen molar-refractivity contribution in [3.05, 3.63) is 36.2 Å². The molecule has 0 spiro atoms. The zero-order valence-corrected chi connectivity index (χ0v) is 17.0. The predicted molar refractivity (Wildman–Crippen MR) is 108 cm³/mol.